The van der Waals surface area contributed by atoms with Crippen molar-refractivity contribution in [3.05, 3.63) is 0 Å². The van der Waals surface area contributed by atoms with Gasteiger partial charge in [0, 0.05) is 17.7 Å². The summed E-state index contributed by atoms with van der Waals surface area (Å²) in [5.74, 6) is -1.17. The minimum absolute atomic E-state index is 0.580. The molecule has 1 unspecified atom stereocenters. The van der Waals surface area contributed by atoms with E-state index in [1.54, 1.807) is 0 Å². The fraction of sp³-hybridized carbons (Fsp3) is 0.600. The molecule has 1 saturated heterocycles. The maximum Gasteiger partial charge on any atom is 0.324 e. The Labute approximate surface area is 79.3 Å². The van der Waals surface area contributed by atoms with Crippen LogP contribution in [0, 0.1) is 0 Å². The number of amides is 3. The zero-order valence-electron chi connectivity index (χ0n) is 6.65. The third-order valence-corrected chi connectivity index (χ3v) is 2.71. The van der Waals surface area contributed by atoms with Gasteiger partial charge in [0.05, 0.1) is 5.75 Å². The molecule has 8 heteroatoms. The van der Waals surface area contributed by atoms with Gasteiger partial charge in [0.25, 0.3) is 5.91 Å². The van der Waals surface area contributed by atoms with Gasteiger partial charge in [0.2, 0.25) is 9.05 Å². The highest BCUT2D eigenvalue weighted by molar-refractivity contribution is 8.13. The molecule has 0 aromatic rings. The molecule has 0 aromatic heterocycles. The van der Waals surface area contributed by atoms with Crippen LogP contribution in [-0.4, -0.2) is 44.1 Å². The first-order valence-electron chi connectivity index (χ1n) is 3.31. The number of likely N-dealkylation sites (N-methyl/N-ethyl adjacent to an activating group) is 1. The van der Waals surface area contributed by atoms with Crippen LogP contribution in [0.5, 0.6) is 0 Å². The summed E-state index contributed by atoms with van der Waals surface area (Å²) in [5, 5.41) is 2.18. The van der Waals surface area contributed by atoms with Crippen LogP contribution in [0.15, 0.2) is 0 Å². The summed E-state index contributed by atoms with van der Waals surface area (Å²) >= 11 is 0. The lowest BCUT2D eigenvalue weighted by Crippen LogP contribution is -2.34. The number of hydrogen-bond donors (Lipinski definition) is 1. The molecular weight excluding hydrogens is 220 g/mol. The summed E-state index contributed by atoms with van der Waals surface area (Å²) in [6.07, 6.45) is 0. The van der Waals surface area contributed by atoms with E-state index in [2.05, 4.69) is 5.32 Å². The van der Waals surface area contributed by atoms with Crippen LogP contribution in [0.2, 0.25) is 0 Å². The lowest BCUT2D eigenvalue weighted by atomic mass is 10.3. The van der Waals surface area contributed by atoms with Gasteiger partial charge in [0.1, 0.15) is 6.04 Å². The van der Waals surface area contributed by atoms with Crippen LogP contribution in [0.25, 0.3) is 0 Å². The van der Waals surface area contributed by atoms with E-state index in [9.17, 15) is 18.0 Å². The molecule has 3 amide bonds. The molecule has 6 nitrogen and oxygen atoms in total. The molecule has 0 aromatic carbocycles. The Kier molecular flexibility index (Phi) is 2.49. The molecule has 1 aliphatic heterocycles. The van der Waals surface area contributed by atoms with Crippen molar-refractivity contribution in [2.24, 2.45) is 0 Å². The van der Waals surface area contributed by atoms with Crippen LogP contribution in [-0.2, 0) is 13.8 Å². The predicted molar refractivity (Wildman–Crippen MR) is 44.7 cm³/mol. The molecular formula is C5H7ClN2O4S. The number of carbonyl (C=O) groups excluding carboxylic acids is 2. The molecule has 0 saturated carbocycles. The van der Waals surface area contributed by atoms with E-state index in [0.717, 1.165) is 4.90 Å². The molecule has 0 bridgehead atoms. The van der Waals surface area contributed by atoms with Crippen molar-refractivity contribution in [1.82, 2.24) is 10.2 Å². The van der Waals surface area contributed by atoms with E-state index in [4.69, 9.17) is 10.7 Å². The molecule has 1 rings (SSSR count). The predicted octanol–water partition coefficient (Wildman–Crippen LogP) is -0.895. The minimum atomic E-state index is -3.78. The SMILES string of the molecule is CN1C(=O)NC(CS(=O)(=O)Cl)C1=O. The summed E-state index contributed by atoms with van der Waals surface area (Å²) in [6, 6.07) is -1.67. The van der Waals surface area contributed by atoms with Crippen LogP contribution < -0.4 is 5.32 Å². The Hall–Kier alpha value is -0.820. The van der Waals surface area contributed by atoms with Gasteiger partial charge in [0.15, 0.2) is 0 Å². The molecule has 13 heavy (non-hydrogen) atoms. The van der Waals surface area contributed by atoms with Gasteiger partial charge in [-0.2, -0.15) is 0 Å². The Morgan fingerprint density at radius 1 is 1.54 bits per heavy atom. The van der Waals surface area contributed by atoms with Crippen molar-refractivity contribution in [1.29, 1.82) is 0 Å². The monoisotopic (exact) mass is 226 g/mol. The number of rotatable bonds is 2. The third-order valence-electron chi connectivity index (χ3n) is 1.60. The lowest BCUT2D eigenvalue weighted by Gasteiger charge is -2.04. The molecule has 1 fully saturated rings. The quantitative estimate of drug-likeness (QED) is 0.489. The zero-order valence-corrected chi connectivity index (χ0v) is 8.22. The first-order chi connectivity index (χ1) is 5.81. The number of nitrogens with one attached hydrogen (secondary N) is 1. The number of carbonyl (C=O) groups is 2. The van der Waals surface area contributed by atoms with Crippen molar-refractivity contribution >= 4 is 31.7 Å². The smallest absolute Gasteiger partial charge is 0.324 e. The topological polar surface area (TPSA) is 83.6 Å². The summed E-state index contributed by atoms with van der Waals surface area (Å²) in [4.78, 5) is 22.8. The standard InChI is InChI=1S/C5H7ClN2O4S/c1-8-4(9)3(7-5(8)10)2-13(6,11)12/h3H,2H2,1H3,(H,7,10). The van der Waals surface area contributed by atoms with Crippen molar-refractivity contribution in [2.45, 2.75) is 6.04 Å². The molecule has 1 aliphatic rings. The van der Waals surface area contributed by atoms with Crippen LogP contribution >= 0.6 is 10.7 Å². The van der Waals surface area contributed by atoms with E-state index in [0.29, 0.717) is 0 Å². The molecule has 1 atom stereocenters. The van der Waals surface area contributed by atoms with Crippen molar-refractivity contribution in [2.75, 3.05) is 12.8 Å². The van der Waals surface area contributed by atoms with Crippen LogP contribution in [0.1, 0.15) is 0 Å². The number of nitrogens with zero attached hydrogens (tertiary/aromatic N) is 1. The van der Waals surface area contributed by atoms with Gasteiger partial charge < -0.3 is 5.32 Å². The fourth-order valence-corrected chi connectivity index (χ4v) is 1.96. The number of urea groups is 1. The van der Waals surface area contributed by atoms with E-state index in [-0.39, 0.29) is 0 Å². The van der Waals surface area contributed by atoms with E-state index in [1.165, 1.54) is 7.05 Å². The molecule has 1 heterocycles. The fourth-order valence-electron chi connectivity index (χ4n) is 0.953. The maximum atomic E-state index is 11.1. The first-order valence-corrected chi connectivity index (χ1v) is 5.79. The Morgan fingerprint density at radius 2 is 2.08 bits per heavy atom. The molecule has 0 aliphatic carbocycles. The van der Waals surface area contributed by atoms with Crippen molar-refractivity contribution < 1.29 is 18.0 Å². The highest BCUT2D eigenvalue weighted by atomic mass is 35.7. The van der Waals surface area contributed by atoms with Gasteiger partial charge >= 0.3 is 6.03 Å². The maximum absolute atomic E-state index is 11.1. The van der Waals surface area contributed by atoms with Gasteiger partial charge in [-0.25, -0.2) is 13.2 Å². The molecule has 0 spiro atoms. The second kappa shape index (κ2) is 3.15. The first kappa shape index (κ1) is 10.3. The summed E-state index contributed by atoms with van der Waals surface area (Å²) in [6.45, 7) is 0. The summed E-state index contributed by atoms with van der Waals surface area (Å²) in [5.41, 5.74) is 0. The molecule has 0 radical (unpaired) electrons. The number of halogens is 1. The zero-order chi connectivity index (χ0) is 10.2. The van der Waals surface area contributed by atoms with Gasteiger partial charge in [-0.1, -0.05) is 0 Å². The van der Waals surface area contributed by atoms with Crippen LogP contribution in [0.3, 0.4) is 0 Å². The number of imide groups is 1. The summed E-state index contributed by atoms with van der Waals surface area (Å²) < 4.78 is 21.2. The lowest BCUT2D eigenvalue weighted by molar-refractivity contribution is -0.126. The largest absolute Gasteiger partial charge is 0.325 e. The van der Waals surface area contributed by atoms with E-state index < -0.39 is 32.8 Å². The average molecular weight is 227 g/mol. The second-order valence-electron chi connectivity index (χ2n) is 2.60. The van der Waals surface area contributed by atoms with Gasteiger partial charge in [-0.3, -0.25) is 9.69 Å². The highest BCUT2D eigenvalue weighted by Gasteiger charge is 2.37. The average Bonchev–Trinajstić information content (AvgIpc) is 2.15. The van der Waals surface area contributed by atoms with Crippen LogP contribution in [0.4, 0.5) is 4.79 Å². The summed E-state index contributed by atoms with van der Waals surface area (Å²) in [7, 11) is 2.41. The Morgan fingerprint density at radius 3 is 2.38 bits per heavy atom. The highest BCUT2D eigenvalue weighted by Crippen LogP contribution is 2.08. The minimum Gasteiger partial charge on any atom is -0.325 e. The molecule has 74 valence electrons. The van der Waals surface area contributed by atoms with Gasteiger partial charge in [-0.05, 0) is 0 Å². The van der Waals surface area contributed by atoms with Crippen molar-refractivity contribution in [3.8, 4) is 0 Å². The van der Waals surface area contributed by atoms with Crippen molar-refractivity contribution in [3.63, 3.8) is 0 Å². The normalized spacial score (nSPS) is 23.5. The Bertz CT molecular complexity index is 352. The Balaban J connectivity index is 2.76. The van der Waals surface area contributed by atoms with Gasteiger partial charge in [-0.15, -0.1) is 0 Å². The number of hydrogen-bond acceptors (Lipinski definition) is 4. The van der Waals surface area contributed by atoms with E-state index in [1.807, 2.05) is 0 Å². The second-order valence-corrected chi connectivity index (χ2v) is 5.43. The van der Waals surface area contributed by atoms with E-state index >= 15 is 0 Å². The molecule has 1 N–H and O–H groups in total. The third kappa shape index (κ3) is 2.31.